The first kappa shape index (κ1) is 82.5. The molecule has 2 saturated carbocycles. The van der Waals surface area contributed by atoms with Gasteiger partial charge in [0.05, 0.1) is 5.25 Å². The van der Waals surface area contributed by atoms with Crippen molar-refractivity contribution in [2.75, 3.05) is 35.7 Å². The van der Waals surface area contributed by atoms with Gasteiger partial charge in [-0.3, -0.25) is 9.59 Å². The number of carbonyl (C=O) groups excluding carboxylic acids is 2. The number of nitrogens with one attached hydrogen (secondary N) is 4. The number of hydrogen-bond acceptors (Lipinski definition) is 16. The van der Waals surface area contributed by atoms with Crippen molar-refractivity contribution >= 4 is 105 Å². The smallest absolute Gasteiger partial charge is 0.251 e. The van der Waals surface area contributed by atoms with E-state index in [1.165, 1.54) is 54.1 Å². The lowest BCUT2D eigenvalue weighted by Gasteiger charge is -2.11. The molecule has 0 aliphatic heterocycles. The van der Waals surface area contributed by atoms with Crippen LogP contribution in [0.4, 0.5) is 46.7 Å². The Labute approximate surface area is 691 Å². The third kappa shape index (κ3) is 20.0. The van der Waals surface area contributed by atoms with Crippen molar-refractivity contribution in [1.82, 2.24) is 45.6 Å². The Kier molecular flexibility index (Phi) is 25.5. The van der Waals surface area contributed by atoms with Crippen LogP contribution in [0.1, 0.15) is 69.4 Å². The van der Waals surface area contributed by atoms with Crippen LogP contribution in [0.3, 0.4) is 0 Å². The number of carbonyl (C=O) groups is 2. The Hall–Kier alpha value is -14.0. The lowest BCUT2D eigenvalue weighted by Crippen LogP contribution is -2.26. The van der Waals surface area contributed by atoms with Crippen LogP contribution in [0.5, 0.6) is 0 Å². The van der Waals surface area contributed by atoms with Crippen LogP contribution >= 0.6 is 0 Å². The van der Waals surface area contributed by atoms with E-state index in [0.29, 0.717) is 54.3 Å². The zero-order valence-corrected chi connectivity index (χ0v) is 66.6. The molecule has 0 bridgehead atoms. The fourth-order valence-corrected chi connectivity index (χ4v) is 15.5. The highest BCUT2D eigenvalue weighted by molar-refractivity contribution is 7.90. The summed E-state index contributed by atoms with van der Waals surface area (Å²) in [6.07, 6.45) is 11.9. The van der Waals surface area contributed by atoms with E-state index in [0.717, 1.165) is 170 Å². The number of anilines is 5. The van der Waals surface area contributed by atoms with Crippen molar-refractivity contribution in [3.8, 4) is 55.6 Å². The maximum Gasteiger partial charge on any atom is 0.251 e. The van der Waals surface area contributed by atoms with Gasteiger partial charge < -0.3 is 50.4 Å². The molecule has 0 unspecified atom stereocenters. The van der Waals surface area contributed by atoms with Gasteiger partial charge in [0.25, 0.3) is 5.91 Å². The van der Waals surface area contributed by atoms with Gasteiger partial charge in [0.1, 0.15) is 52.4 Å². The summed E-state index contributed by atoms with van der Waals surface area (Å²) in [5, 5.41) is 17.7. The molecular formula is C96H87F4N15O4S. The molecule has 2 aliphatic carbocycles. The highest BCUT2D eigenvalue weighted by atomic mass is 32.2. The molecule has 19 nitrogen and oxygen atoms in total. The number of hydrogen-bond donors (Lipinski definition) is 10. The number of aromatic nitrogens is 5. The molecule has 16 N–H and O–H groups in total. The number of benzene rings is 11. The van der Waals surface area contributed by atoms with Gasteiger partial charge in [0.15, 0.2) is 0 Å². The number of sulfonamides is 1. The quantitative estimate of drug-likeness (QED) is 0.0357. The average molecular weight is 1620 g/mol. The van der Waals surface area contributed by atoms with Crippen LogP contribution in [0.25, 0.3) is 109 Å². The van der Waals surface area contributed by atoms with Gasteiger partial charge in [-0.1, -0.05) is 157 Å². The number of nitrogens with zero attached hydrogens (tertiary/aromatic N) is 5. The number of aryl methyl sites for hydroxylation is 1. The summed E-state index contributed by atoms with van der Waals surface area (Å²) in [7, 11) is -1.34. The van der Waals surface area contributed by atoms with Crippen LogP contribution in [0.2, 0.25) is 0 Å². The number of amides is 2. The maximum atomic E-state index is 13.5. The first-order valence-electron chi connectivity index (χ1n) is 39.0. The molecule has 2 fully saturated rings. The van der Waals surface area contributed by atoms with Gasteiger partial charge in [0.2, 0.25) is 15.9 Å². The minimum absolute atomic E-state index is 0.0985. The minimum atomic E-state index is -3.23. The molecule has 18 rings (SSSR count). The van der Waals surface area contributed by atoms with E-state index in [9.17, 15) is 35.6 Å². The number of fused-ring (bicyclic) bond motifs is 5. The van der Waals surface area contributed by atoms with Crippen molar-refractivity contribution in [2.24, 2.45) is 11.7 Å². The lowest BCUT2D eigenvalue weighted by atomic mass is 9.99. The Balaban J connectivity index is 0.000000123. The molecule has 120 heavy (non-hydrogen) atoms. The second kappa shape index (κ2) is 37.1. The summed E-state index contributed by atoms with van der Waals surface area (Å²) in [5.41, 5.74) is 51.2. The summed E-state index contributed by atoms with van der Waals surface area (Å²) < 4.78 is 80.6. The second-order valence-corrected chi connectivity index (χ2v) is 31.4. The monoisotopic (exact) mass is 1620 g/mol. The summed E-state index contributed by atoms with van der Waals surface area (Å²) in [5.74, 6) is 1.25. The Bertz CT molecular complexity index is 6640. The fourth-order valence-electron chi connectivity index (χ4n) is 14.1. The van der Waals surface area contributed by atoms with Crippen LogP contribution in [-0.2, 0) is 47.5 Å². The van der Waals surface area contributed by atoms with E-state index < -0.39 is 10.0 Å². The third-order valence-corrected chi connectivity index (χ3v) is 22.8. The van der Waals surface area contributed by atoms with E-state index in [1.807, 2.05) is 147 Å². The van der Waals surface area contributed by atoms with Gasteiger partial charge in [-0.25, -0.2) is 55.6 Å². The van der Waals surface area contributed by atoms with E-state index in [4.69, 9.17) is 34.4 Å². The average Bonchev–Trinajstić information content (AvgIpc) is 1.32. The zero-order chi connectivity index (χ0) is 84.1. The van der Waals surface area contributed by atoms with Gasteiger partial charge in [-0.2, -0.15) is 0 Å². The molecule has 604 valence electrons. The molecule has 5 heterocycles. The van der Waals surface area contributed by atoms with Gasteiger partial charge in [-0.05, 0) is 241 Å². The van der Waals surface area contributed by atoms with E-state index in [1.54, 1.807) is 67.4 Å². The summed E-state index contributed by atoms with van der Waals surface area (Å²) in [6, 6.07) is 72.5. The Morgan fingerprint density at radius 3 is 1.01 bits per heavy atom. The lowest BCUT2D eigenvalue weighted by molar-refractivity contribution is -0.122. The highest BCUT2D eigenvalue weighted by Gasteiger charge is 2.35. The predicted molar refractivity (Wildman–Crippen MR) is 474 cm³/mol. The Morgan fingerprint density at radius 2 is 0.675 bits per heavy atom. The number of nitrogens with two attached hydrogens (primary N) is 6. The largest absolute Gasteiger partial charge is 0.383 e. The SMILES string of the molecule is CNCc1cnc(N)c2cc(-c3cccc(F)c3)ccc12.Cc1cccc(-c2ccc3c(CNS(=O)(=O)C4CC4)cnc(N)c3c2)c1.NCc1cnc(N)c2cc(-c3cccc(F)c3)ccc12.Nc1ncc(CNC(=O)C2CC2)c2ccc(-c3cccc(F)c3)cc12.Nc1ncc(CNC(=O)c2ccccc2)c2ccc(-c3cccc(F)c3)cc12. The van der Waals surface area contributed by atoms with Gasteiger partial charge in [-0.15, -0.1) is 0 Å². The van der Waals surface area contributed by atoms with Gasteiger partial charge >= 0.3 is 0 Å². The van der Waals surface area contributed by atoms with Crippen molar-refractivity contribution in [1.29, 1.82) is 0 Å². The number of nitrogen functional groups attached to an aromatic ring is 5. The normalized spacial score (nSPS) is 12.3. The summed E-state index contributed by atoms with van der Waals surface area (Å²) in [6.45, 7) is 4.18. The van der Waals surface area contributed by atoms with Crippen LogP contribution < -0.4 is 55.1 Å². The van der Waals surface area contributed by atoms with Gasteiger partial charge in [0, 0.05) is 102 Å². The fraction of sp³-hybridized carbons (Fsp3) is 0.135. The van der Waals surface area contributed by atoms with Crippen LogP contribution in [0.15, 0.2) is 274 Å². The highest BCUT2D eigenvalue weighted by Crippen LogP contribution is 2.37. The molecule has 0 spiro atoms. The van der Waals surface area contributed by atoms with Crippen molar-refractivity contribution < 1.29 is 35.6 Å². The second-order valence-electron chi connectivity index (χ2n) is 29.4. The standard InChI is InChI=1S/C23H18FN3O.C20H18FN3O.C20H21N3O2S.C17H16FN3.C16H14FN3/c24-19-8-4-7-16(11-19)17-9-10-20-18(13-26-22(25)21(20)12-17)14-27-23(28)15-5-2-1-3-6-15;21-16-3-1-2-13(8-16)14-6-7-17-15(10-23-19(22)18(17)9-14)11-24-20(25)12-4-5-12;1-13-3-2-4-14(9-13)15-5-8-18-16(11-22-20(21)19(18)10-15)12-23-26(24,25)17-6-7-17;1-20-9-13-10-21-17(19)16-8-12(5-6-15(13)16)11-3-2-4-14(18)7-11;17-13-3-1-2-10(6-13)11-4-5-14-12(8-18)9-20-16(19)15(14)7-11/h1-13H,14H2,(H2,25,26)(H,27,28);1-3,6-10,12H,4-5,11H2,(H2,22,23)(H,24,25);2-5,8-11,17,23H,6-7,12H2,1H3,(H2,21,22);2-8,10,20H,9H2,1H3,(H2,19,21);1-7,9H,8,18H2,(H2,19,20). The van der Waals surface area contributed by atoms with Crippen LogP contribution in [0, 0.1) is 36.1 Å². The van der Waals surface area contributed by atoms with Crippen molar-refractivity contribution in [3.63, 3.8) is 0 Å². The molecule has 0 radical (unpaired) electrons. The maximum absolute atomic E-state index is 13.5. The molecule has 11 aromatic carbocycles. The van der Waals surface area contributed by atoms with Crippen LogP contribution in [-0.4, -0.2) is 57.4 Å². The third-order valence-electron chi connectivity index (χ3n) is 20.9. The predicted octanol–water partition coefficient (Wildman–Crippen LogP) is 18.0. The van der Waals surface area contributed by atoms with E-state index in [-0.39, 0.29) is 52.8 Å². The van der Waals surface area contributed by atoms with E-state index in [2.05, 4.69) is 70.7 Å². The Morgan fingerprint density at radius 1 is 0.358 bits per heavy atom. The van der Waals surface area contributed by atoms with Crippen molar-refractivity contribution in [2.45, 2.75) is 70.6 Å². The first-order valence-corrected chi connectivity index (χ1v) is 40.5. The topological polar surface area (TPSA) is 337 Å². The molecule has 24 heteroatoms. The molecule has 16 aromatic rings. The molecule has 5 aromatic heterocycles. The molecular weight excluding hydrogens is 1540 g/mol. The minimum Gasteiger partial charge on any atom is -0.383 e. The summed E-state index contributed by atoms with van der Waals surface area (Å²) >= 11 is 0. The zero-order valence-electron chi connectivity index (χ0n) is 65.8. The number of pyridine rings is 5. The number of halogens is 4. The molecule has 0 saturated heterocycles. The first-order chi connectivity index (χ1) is 58.0. The van der Waals surface area contributed by atoms with E-state index >= 15 is 0 Å². The molecule has 2 aliphatic rings. The molecule has 2 amide bonds. The van der Waals surface area contributed by atoms with Crippen molar-refractivity contribution in [3.05, 3.63) is 336 Å². The number of rotatable bonds is 18. The molecule has 0 atom stereocenters. The summed E-state index contributed by atoms with van der Waals surface area (Å²) in [4.78, 5) is 45.3.